The zero-order valence-electron chi connectivity index (χ0n) is 10.7. The fraction of sp³-hybridized carbons (Fsp3) is 0.133. The van der Waals surface area contributed by atoms with Crippen molar-refractivity contribution in [3.05, 3.63) is 65.7 Å². The highest BCUT2D eigenvalue weighted by Crippen LogP contribution is 2.13. The summed E-state index contributed by atoms with van der Waals surface area (Å²) in [6.07, 6.45) is 0. The summed E-state index contributed by atoms with van der Waals surface area (Å²) in [6, 6.07) is 16.5. The molecule has 2 aromatic rings. The van der Waals surface area contributed by atoms with Crippen LogP contribution in [0.3, 0.4) is 0 Å². The number of benzene rings is 2. The number of ether oxygens (including phenoxy) is 1. The van der Waals surface area contributed by atoms with E-state index in [0.717, 1.165) is 5.56 Å². The third kappa shape index (κ3) is 3.33. The zero-order valence-corrected chi connectivity index (χ0v) is 10.7. The molecule has 0 unspecified atom stereocenters. The van der Waals surface area contributed by atoms with Gasteiger partial charge in [-0.25, -0.2) is 5.84 Å². The number of nitrogens with two attached hydrogens (primary N) is 1. The van der Waals surface area contributed by atoms with Crippen molar-refractivity contribution in [3.63, 3.8) is 0 Å². The SMILES string of the molecule is COc1ccc(C(=O)N(N)Cc2ccccc2)cc1. The summed E-state index contributed by atoms with van der Waals surface area (Å²) in [4.78, 5) is 12.1. The van der Waals surface area contributed by atoms with Crippen molar-refractivity contribution in [2.24, 2.45) is 5.84 Å². The number of amides is 1. The lowest BCUT2D eigenvalue weighted by atomic mass is 10.2. The molecule has 0 aromatic heterocycles. The maximum atomic E-state index is 12.1. The maximum absolute atomic E-state index is 12.1. The van der Waals surface area contributed by atoms with E-state index in [9.17, 15) is 4.79 Å². The summed E-state index contributed by atoms with van der Waals surface area (Å²) in [6.45, 7) is 0.381. The molecule has 0 radical (unpaired) electrons. The van der Waals surface area contributed by atoms with E-state index < -0.39 is 0 Å². The van der Waals surface area contributed by atoms with Gasteiger partial charge in [0.05, 0.1) is 13.7 Å². The van der Waals surface area contributed by atoms with Crippen molar-refractivity contribution in [2.75, 3.05) is 7.11 Å². The predicted octanol–water partition coefficient (Wildman–Crippen LogP) is 2.21. The van der Waals surface area contributed by atoms with Crippen LogP contribution in [0.15, 0.2) is 54.6 Å². The molecular formula is C15H16N2O2. The van der Waals surface area contributed by atoms with Gasteiger partial charge in [0.1, 0.15) is 5.75 Å². The van der Waals surface area contributed by atoms with E-state index in [1.807, 2.05) is 30.3 Å². The number of methoxy groups -OCH3 is 1. The highest BCUT2D eigenvalue weighted by Gasteiger charge is 2.12. The Hall–Kier alpha value is -2.33. The summed E-state index contributed by atoms with van der Waals surface area (Å²) in [5.41, 5.74) is 1.53. The Kier molecular flexibility index (Phi) is 4.15. The van der Waals surface area contributed by atoms with E-state index in [2.05, 4.69) is 0 Å². The van der Waals surface area contributed by atoms with E-state index in [4.69, 9.17) is 10.6 Å². The van der Waals surface area contributed by atoms with E-state index in [1.165, 1.54) is 5.01 Å². The lowest BCUT2D eigenvalue weighted by molar-refractivity contribution is 0.0743. The quantitative estimate of drug-likeness (QED) is 0.518. The molecule has 0 fully saturated rings. The number of hydrogen-bond acceptors (Lipinski definition) is 3. The number of hydrazine groups is 1. The number of carbonyl (C=O) groups is 1. The number of rotatable bonds is 4. The second-order valence-corrected chi connectivity index (χ2v) is 4.15. The summed E-state index contributed by atoms with van der Waals surface area (Å²) in [5, 5.41) is 1.21. The van der Waals surface area contributed by atoms with E-state index in [0.29, 0.717) is 17.9 Å². The minimum Gasteiger partial charge on any atom is -0.497 e. The Morgan fingerprint density at radius 3 is 2.32 bits per heavy atom. The summed E-state index contributed by atoms with van der Waals surface area (Å²) in [7, 11) is 1.58. The van der Waals surface area contributed by atoms with Crippen LogP contribution in [-0.2, 0) is 6.54 Å². The second kappa shape index (κ2) is 6.02. The van der Waals surface area contributed by atoms with Crippen LogP contribution in [0.1, 0.15) is 15.9 Å². The van der Waals surface area contributed by atoms with Crippen LogP contribution in [0.25, 0.3) is 0 Å². The first kappa shape index (κ1) is 13.1. The average Bonchev–Trinajstić information content (AvgIpc) is 2.47. The van der Waals surface area contributed by atoms with E-state index in [-0.39, 0.29) is 5.91 Å². The molecule has 2 rings (SSSR count). The Morgan fingerprint density at radius 1 is 1.11 bits per heavy atom. The van der Waals surface area contributed by atoms with Gasteiger partial charge in [-0.15, -0.1) is 0 Å². The topological polar surface area (TPSA) is 55.6 Å². The van der Waals surface area contributed by atoms with Crippen LogP contribution in [0.5, 0.6) is 5.75 Å². The third-order valence-corrected chi connectivity index (χ3v) is 2.79. The smallest absolute Gasteiger partial charge is 0.268 e. The molecule has 0 aliphatic carbocycles. The highest BCUT2D eigenvalue weighted by atomic mass is 16.5. The molecule has 4 nitrogen and oxygen atoms in total. The van der Waals surface area contributed by atoms with Crippen LogP contribution in [-0.4, -0.2) is 18.0 Å². The minimum atomic E-state index is -0.216. The first-order valence-electron chi connectivity index (χ1n) is 5.95. The molecule has 0 heterocycles. The molecule has 0 aliphatic heterocycles. The number of carbonyl (C=O) groups excluding carboxylic acids is 1. The largest absolute Gasteiger partial charge is 0.497 e. The lowest BCUT2D eigenvalue weighted by Crippen LogP contribution is -2.36. The third-order valence-electron chi connectivity index (χ3n) is 2.79. The molecule has 0 saturated carbocycles. The normalized spacial score (nSPS) is 10.0. The molecule has 2 aromatic carbocycles. The molecule has 98 valence electrons. The molecule has 0 bridgehead atoms. The Morgan fingerprint density at radius 2 is 1.74 bits per heavy atom. The van der Waals surface area contributed by atoms with Gasteiger partial charge in [-0.05, 0) is 29.8 Å². The lowest BCUT2D eigenvalue weighted by Gasteiger charge is -2.16. The van der Waals surface area contributed by atoms with Crippen LogP contribution in [0, 0.1) is 0 Å². The fourth-order valence-corrected chi connectivity index (χ4v) is 1.75. The van der Waals surface area contributed by atoms with Gasteiger partial charge in [-0.2, -0.15) is 0 Å². The molecular weight excluding hydrogens is 240 g/mol. The summed E-state index contributed by atoms with van der Waals surface area (Å²) < 4.78 is 5.05. The molecule has 1 amide bonds. The molecule has 0 saturated heterocycles. The molecule has 2 N–H and O–H groups in total. The van der Waals surface area contributed by atoms with Crippen LogP contribution in [0.4, 0.5) is 0 Å². The van der Waals surface area contributed by atoms with Crippen molar-refractivity contribution < 1.29 is 9.53 Å². The van der Waals surface area contributed by atoms with Crippen molar-refractivity contribution in [2.45, 2.75) is 6.54 Å². The van der Waals surface area contributed by atoms with Gasteiger partial charge in [-0.1, -0.05) is 30.3 Å². The highest BCUT2D eigenvalue weighted by molar-refractivity contribution is 5.93. The average molecular weight is 256 g/mol. The van der Waals surface area contributed by atoms with Crippen molar-refractivity contribution >= 4 is 5.91 Å². The summed E-state index contributed by atoms with van der Waals surface area (Å²) >= 11 is 0. The predicted molar refractivity (Wildman–Crippen MR) is 73.5 cm³/mol. The molecule has 0 aliphatic rings. The monoisotopic (exact) mass is 256 g/mol. The Bertz CT molecular complexity index is 538. The van der Waals surface area contributed by atoms with Crippen molar-refractivity contribution in [1.82, 2.24) is 5.01 Å². The van der Waals surface area contributed by atoms with Gasteiger partial charge in [0, 0.05) is 5.56 Å². The fourth-order valence-electron chi connectivity index (χ4n) is 1.75. The molecule has 0 atom stereocenters. The van der Waals surface area contributed by atoms with Gasteiger partial charge in [0.25, 0.3) is 5.91 Å². The maximum Gasteiger partial charge on any atom is 0.268 e. The zero-order chi connectivity index (χ0) is 13.7. The standard InChI is InChI=1S/C15H16N2O2/c1-19-14-9-7-13(8-10-14)15(18)17(16)11-12-5-3-2-4-6-12/h2-10H,11,16H2,1H3. The number of hydrogen-bond donors (Lipinski definition) is 1. The van der Waals surface area contributed by atoms with Crippen molar-refractivity contribution in [1.29, 1.82) is 0 Å². The number of nitrogens with zero attached hydrogens (tertiary/aromatic N) is 1. The van der Waals surface area contributed by atoms with Gasteiger partial charge < -0.3 is 4.74 Å². The Labute approximate surface area is 112 Å². The summed E-state index contributed by atoms with van der Waals surface area (Å²) in [5.74, 6) is 6.30. The minimum absolute atomic E-state index is 0.216. The van der Waals surface area contributed by atoms with Crippen LogP contribution < -0.4 is 10.6 Å². The van der Waals surface area contributed by atoms with Gasteiger partial charge in [-0.3, -0.25) is 9.80 Å². The van der Waals surface area contributed by atoms with Gasteiger partial charge >= 0.3 is 0 Å². The van der Waals surface area contributed by atoms with Crippen LogP contribution in [0.2, 0.25) is 0 Å². The molecule has 4 heteroatoms. The molecule has 19 heavy (non-hydrogen) atoms. The van der Waals surface area contributed by atoms with E-state index >= 15 is 0 Å². The Balaban J connectivity index is 2.06. The first-order valence-corrected chi connectivity index (χ1v) is 5.95. The second-order valence-electron chi connectivity index (χ2n) is 4.15. The van der Waals surface area contributed by atoms with Crippen molar-refractivity contribution in [3.8, 4) is 5.75 Å². The van der Waals surface area contributed by atoms with Crippen LogP contribution >= 0.6 is 0 Å². The van der Waals surface area contributed by atoms with Gasteiger partial charge in [0.15, 0.2) is 0 Å². The van der Waals surface area contributed by atoms with Gasteiger partial charge in [0.2, 0.25) is 0 Å². The first-order chi connectivity index (χ1) is 9.20. The molecule has 0 spiro atoms. The van der Waals surface area contributed by atoms with E-state index in [1.54, 1.807) is 31.4 Å².